The van der Waals surface area contributed by atoms with Crippen molar-refractivity contribution in [1.82, 2.24) is 5.06 Å². The summed E-state index contributed by atoms with van der Waals surface area (Å²) >= 11 is 5.80. The van der Waals surface area contributed by atoms with Gasteiger partial charge in [0.15, 0.2) is 0 Å². The second-order valence-corrected chi connectivity index (χ2v) is 4.37. The number of hydrogen-bond donors (Lipinski definition) is 2. The number of aliphatic hydroxyl groups excluding tert-OH is 1. The van der Waals surface area contributed by atoms with E-state index in [1.165, 1.54) is 7.05 Å². The Hall–Kier alpha value is -1.19. The minimum absolute atomic E-state index is 0.194. The van der Waals surface area contributed by atoms with Gasteiger partial charge in [-0.2, -0.15) is 0 Å². The van der Waals surface area contributed by atoms with E-state index < -0.39 is 0 Å². The number of allylic oxidation sites excluding steroid dienone is 1. The van der Waals surface area contributed by atoms with Crippen molar-refractivity contribution in [1.29, 1.82) is 0 Å². The highest BCUT2D eigenvalue weighted by Crippen LogP contribution is 2.23. The van der Waals surface area contributed by atoms with Crippen molar-refractivity contribution in [2.24, 2.45) is 0 Å². The highest BCUT2D eigenvalue weighted by atomic mass is 35.5. The van der Waals surface area contributed by atoms with Crippen LogP contribution in [0.3, 0.4) is 0 Å². The first-order valence-corrected chi connectivity index (χ1v) is 6.04. The van der Waals surface area contributed by atoms with Crippen LogP contribution in [0.5, 0.6) is 0 Å². The fourth-order valence-electron chi connectivity index (χ4n) is 1.61. The number of unbranched alkanes of at least 4 members (excludes halogenated alkanes) is 1. The first kappa shape index (κ1) is 13.9. The van der Waals surface area contributed by atoms with Crippen molar-refractivity contribution in [3.05, 3.63) is 40.6 Å². The summed E-state index contributed by atoms with van der Waals surface area (Å²) in [7, 11) is 1.49. The molecule has 1 aromatic carbocycles. The predicted molar refractivity (Wildman–Crippen MR) is 70.1 cm³/mol. The summed E-state index contributed by atoms with van der Waals surface area (Å²) in [4.78, 5) is 0. The maximum absolute atomic E-state index is 9.98. The van der Waals surface area contributed by atoms with E-state index in [2.05, 4.69) is 6.92 Å². The summed E-state index contributed by atoms with van der Waals surface area (Å²) in [6.07, 6.45) is 2.43. The second-order valence-electron chi connectivity index (χ2n) is 3.93. The molecule has 0 radical (unpaired) electrons. The second kappa shape index (κ2) is 6.52. The van der Waals surface area contributed by atoms with Crippen LogP contribution >= 0.6 is 11.6 Å². The fraction of sp³-hybridized carbons (Fsp3) is 0.385. The maximum atomic E-state index is 9.98. The summed E-state index contributed by atoms with van der Waals surface area (Å²) in [5.74, 6) is 0.194. The van der Waals surface area contributed by atoms with Gasteiger partial charge in [0.05, 0.1) is 0 Å². The maximum Gasteiger partial charge on any atom is 0.118 e. The van der Waals surface area contributed by atoms with Crippen LogP contribution in [0.2, 0.25) is 5.02 Å². The zero-order chi connectivity index (χ0) is 12.8. The Labute approximate surface area is 107 Å². The molecule has 0 amide bonds. The van der Waals surface area contributed by atoms with Crippen LogP contribution in [-0.2, 0) is 0 Å². The molecule has 0 aliphatic heterocycles. The molecule has 1 rings (SSSR count). The molecule has 0 aromatic heterocycles. The molecule has 0 atom stereocenters. The standard InChI is InChI=1S/C13H18ClNO2/c1-3-4-5-12(16)13(15(2)17)10-6-8-11(14)9-7-10/h6-9,16-17H,3-5H2,1-2H3/b13-12-. The first-order valence-electron chi connectivity index (χ1n) is 5.67. The highest BCUT2D eigenvalue weighted by molar-refractivity contribution is 6.30. The van der Waals surface area contributed by atoms with E-state index in [4.69, 9.17) is 11.6 Å². The molecule has 0 saturated carbocycles. The lowest BCUT2D eigenvalue weighted by atomic mass is 10.1. The fourth-order valence-corrected chi connectivity index (χ4v) is 1.74. The monoisotopic (exact) mass is 255 g/mol. The van der Waals surface area contributed by atoms with Crippen LogP contribution in [0, 0.1) is 0 Å². The van der Waals surface area contributed by atoms with Crippen LogP contribution in [0.25, 0.3) is 5.70 Å². The van der Waals surface area contributed by atoms with Crippen LogP contribution in [0.15, 0.2) is 30.0 Å². The lowest BCUT2D eigenvalue weighted by molar-refractivity contribution is -0.00233. The summed E-state index contributed by atoms with van der Waals surface area (Å²) in [6.45, 7) is 2.05. The summed E-state index contributed by atoms with van der Waals surface area (Å²) in [6, 6.07) is 7.00. The van der Waals surface area contributed by atoms with Gasteiger partial charge in [-0.25, -0.2) is 0 Å². The van der Waals surface area contributed by atoms with Gasteiger partial charge < -0.3 is 5.11 Å². The molecule has 0 bridgehead atoms. The Balaban J connectivity index is 3.04. The van der Waals surface area contributed by atoms with E-state index in [1.54, 1.807) is 24.3 Å². The third kappa shape index (κ3) is 3.95. The van der Waals surface area contributed by atoms with E-state index in [9.17, 15) is 10.3 Å². The molecule has 0 saturated heterocycles. The van der Waals surface area contributed by atoms with Crippen molar-refractivity contribution in [3.63, 3.8) is 0 Å². The molecule has 0 heterocycles. The van der Waals surface area contributed by atoms with Gasteiger partial charge in [0, 0.05) is 24.1 Å². The number of aliphatic hydroxyl groups is 1. The average Bonchev–Trinajstić information content (AvgIpc) is 2.29. The number of nitrogens with zero attached hydrogens (tertiary/aromatic N) is 1. The molecule has 17 heavy (non-hydrogen) atoms. The Kier molecular flexibility index (Phi) is 5.32. The molecule has 0 spiro atoms. The normalized spacial score (nSPS) is 12.2. The van der Waals surface area contributed by atoms with Gasteiger partial charge in [-0.1, -0.05) is 37.1 Å². The smallest absolute Gasteiger partial charge is 0.118 e. The molecule has 0 aliphatic rings. The average molecular weight is 256 g/mol. The van der Waals surface area contributed by atoms with Gasteiger partial charge in [-0.15, -0.1) is 0 Å². The van der Waals surface area contributed by atoms with Crippen molar-refractivity contribution in [2.45, 2.75) is 26.2 Å². The zero-order valence-electron chi connectivity index (χ0n) is 10.2. The summed E-state index contributed by atoms with van der Waals surface area (Å²) < 4.78 is 0. The van der Waals surface area contributed by atoms with Crippen LogP contribution < -0.4 is 0 Å². The number of rotatable bonds is 5. The Morgan fingerprint density at radius 2 is 1.88 bits per heavy atom. The van der Waals surface area contributed by atoms with Gasteiger partial charge in [-0.05, 0) is 18.6 Å². The molecule has 4 heteroatoms. The van der Waals surface area contributed by atoms with Crippen LogP contribution in [0.4, 0.5) is 0 Å². The molecule has 94 valence electrons. The van der Waals surface area contributed by atoms with E-state index in [1.807, 2.05) is 0 Å². The molecule has 1 aromatic rings. The highest BCUT2D eigenvalue weighted by Gasteiger charge is 2.12. The third-order valence-electron chi connectivity index (χ3n) is 2.48. The number of halogens is 1. The molecule has 0 fully saturated rings. The SMILES string of the molecule is CCCC/C(O)=C(\c1ccc(Cl)cc1)N(C)O. The number of hydroxylamine groups is 2. The molecule has 3 nitrogen and oxygen atoms in total. The van der Waals surface area contributed by atoms with Crippen molar-refractivity contribution in [2.75, 3.05) is 7.05 Å². The van der Waals surface area contributed by atoms with Gasteiger partial charge in [0.1, 0.15) is 11.5 Å². The van der Waals surface area contributed by atoms with Crippen LogP contribution in [0.1, 0.15) is 31.7 Å². The van der Waals surface area contributed by atoms with Crippen molar-refractivity contribution < 1.29 is 10.3 Å². The Morgan fingerprint density at radius 1 is 1.29 bits per heavy atom. The van der Waals surface area contributed by atoms with Crippen LogP contribution in [-0.4, -0.2) is 22.4 Å². The lowest BCUT2D eigenvalue weighted by Crippen LogP contribution is -2.13. The van der Waals surface area contributed by atoms with E-state index in [0.717, 1.165) is 23.5 Å². The minimum Gasteiger partial charge on any atom is -0.510 e. The molecule has 2 N–H and O–H groups in total. The minimum atomic E-state index is 0.194. The third-order valence-corrected chi connectivity index (χ3v) is 2.73. The van der Waals surface area contributed by atoms with E-state index in [-0.39, 0.29) is 5.76 Å². The van der Waals surface area contributed by atoms with Crippen molar-refractivity contribution >= 4 is 17.3 Å². The largest absolute Gasteiger partial charge is 0.510 e. The quantitative estimate of drug-likeness (QED) is 0.616. The summed E-state index contributed by atoms with van der Waals surface area (Å²) in [5.41, 5.74) is 1.17. The van der Waals surface area contributed by atoms with Gasteiger partial charge in [-0.3, -0.25) is 10.3 Å². The van der Waals surface area contributed by atoms with Gasteiger partial charge >= 0.3 is 0 Å². The predicted octanol–water partition coefficient (Wildman–Crippen LogP) is 4.08. The lowest BCUT2D eigenvalue weighted by Gasteiger charge is -2.17. The Bertz CT molecular complexity index is 385. The van der Waals surface area contributed by atoms with Gasteiger partial charge in [0.2, 0.25) is 0 Å². The molecule has 0 unspecified atom stereocenters. The molecule has 0 aliphatic carbocycles. The van der Waals surface area contributed by atoms with E-state index >= 15 is 0 Å². The van der Waals surface area contributed by atoms with Gasteiger partial charge in [0.25, 0.3) is 0 Å². The Morgan fingerprint density at radius 3 is 2.35 bits per heavy atom. The van der Waals surface area contributed by atoms with Crippen molar-refractivity contribution in [3.8, 4) is 0 Å². The summed E-state index contributed by atoms with van der Waals surface area (Å²) in [5, 5.41) is 21.1. The molecular formula is C13H18ClNO2. The number of hydrogen-bond acceptors (Lipinski definition) is 3. The topological polar surface area (TPSA) is 43.7 Å². The van der Waals surface area contributed by atoms with E-state index in [0.29, 0.717) is 17.1 Å². The zero-order valence-corrected chi connectivity index (χ0v) is 10.9. The first-order chi connectivity index (χ1) is 8.06. The number of benzene rings is 1. The molecular weight excluding hydrogens is 238 g/mol.